The van der Waals surface area contributed by atoms with Crippen LogP contribution in [0.1, 0.15) is 63.0 Å². The van der Waals surface area contributed by atoms with E-state index in [1.807, 2.05) is 24.3 Å². The summed E-state index contributed by atoms with van der Waals surface area (Å²) in [7, 11) is 1.52. The number of carbonyl (C=O) groups excluding carboxylic acids is 2. The largest absolute Gasteiger partial charge is 0.480 e. The molecule has 2 atom stereocenters. The fourth-order valence-electron chi connectivity index (χ4n) is 5.25. The van der Waals surface area contributed by atoms with Gasteiger partial charge in [0.05, 0.1) is 0 Å². The van der Waals surface area contributed by atoms with Crippen molar-refractivity contribution in [3.8, 4) is 11.1 Å². The third kappa shape index (κ3) is 5.04. The molecule has 0 radical (unpaired) electrons. The van der Waals surface area contributed by atoms with E-state index in [2.05, 4.69) is 29.6 Å². The monoisotopic (exact) mass is 478 g/mol. The van der Waals surface area contributed by atoms with Gasteiger partial charge in [-0.3, -0.25) is 4.79 Å². The summed E-state index contributed by atoms with van der Waals surface area (Å²) in [5, 5.41) is 12.4. The molecule has 4 rings (SSSR count). The number of aliphatic carboxylic acids is 1. The summed E-state index contributed by atoms with van der Waals surface area (Å²) in [6.45, 7) is 3.27. The maximum atomic E-state index is 12.8. The maximum absolute atomic E-state index is 12.8. The topological polar surface area (TPSA) is 95.9 Å². The predicted octanol–water partition coefficient (Wildman–Crippen LogP) is 4.80. The van der Waals surface area contributed by atoms with E-state index >= 15 is 0 Å². The van der Waals surface area contributed by atoms with E-state index in [4.69, 9.17) is 4.74 Å². The van der Waals surface area contributed by atoms with Crippen LogP contribution in [0.25, 0.3) is 11.1 Å². The van der Waals surface area contributed by atoms with Crippen LogP contribution in [0.5, 0.6) is 0 Å². The number of ether oxygens (including phenoxy) is 1. The second kappa shape index (κ2) is 10.1. The van der Waals surface area contributed by atoms with E-state index in [-0.39, 0.29) is 36.8 Å². The second-order valence-corrected chi connectivity index (χ2v) is 10.1. The zero-order valence-electron chi connectivity index (χ0n) is 20.6. The lowest BCUT2D eigenvalue weighted by Gasteiger charge is -2.36. The maximum Gasteiger partial charge on any atom is 0.407 e. The quantitative estimate of drug-likeness (QED) is 0.596. The molecule has 0 saturated heterocycles. The fourth-order valence-corrected chi connectivity index (χ4v) is 5.25. The molecule has 2 aliphatic carbocycles. The van der Waals surface area contributed by atoms with Crippen LogP contribution in [0.4, 0.5) is 4.79 Å². The molecular weight excluding hydrogens is 444 g/mol. The predicted molar refractivity (Wildman–Crippen MR) is 133 cm³/mol. The Balaban J connectivity index is 1.38. The Bertz CT molecular complexity index is 1070. The van der Waals surface area contributed by atoms with Crippen molar-refractivity contribution in [3.05, 3.63) is 59.7 Å². The van der Waals surface area contributed by atoms with Crippen molar-refractivity contribution in [1.29, 1.82) is 0 Å². The van der Waals surface area contributed by atoms with Crippen molar-refractivity contribution in [2.45, 2.75) is 63.5 Å². The highest BCUT2D eigenvalue weighted by molar-refractivity contribution is 5.86. The fraction of sp³-hybridized carbons (Fsp3) is 0.464. The first kappa shape index (κ1) is 24.8. The van der Waals surface area contributed by atoms with Gasteiger partial charge in [0, 0.05) is 25.4 Å². The summed E-state index contributed by atoms with van der Waals surface area (Å²) < 4.78 is 5.71. The number of amides is 2. The highest BCUT2D eigenvalue weighted by Gasteiger charge is 2.37. The van der Waals surface area contributed by atoms with Crippen LogP contribution >= 0.6 is 0 Å². The minimum atomic E-state index is -1.29. The molecule has 0 aliphatic heterocycles. The SMILES string of the molecule is CN(C(=O)C[C@@H]1CCCC[C@@H]1NC(=O)OCC1c2ccccc2-c2ccccc21)C(C)(C)C(=O)O. The molecule has 2 amide bonds. The second-order valence-electron chi connectivity index (χ2n) is 10.1. The molecule has 2 aromatic carbocycles. The van der Waals surface area contributed by atoms with Crippen LogP contribution in [0, 0.1) is 5.92 Å². The molecule has 0 heterocycles. The Kier molecular flexibility index (Phi) is 7.15. The molecule has 2 N–H and O–H groups in total. The molecule has 2 aromatic rings. The van der Waals surface area contributed by atoms with Gasteiger partial charge >= 0.3 is 12.1 Å². The molecule has 0 spiro atoms. The van der Waals surface area contributed by atoms with E-state index in [0.29, 0.717) is 0 Å². The first-order valence-electron chi connectivity index (χ1n) is 12.3. The third-order valence-corrected chi connectivity index (χ3v) is 7.73. The number of likely N-dealkylation sites (N-methyl/N-ethyl adjacent to an activating group) is 1. The normalized spacial score (nSPS) is 19.4. The zero-order chi connectivity index (χ0) is 25.2. The summed E-state index contributed by atoms with van der Waals surface area (Å²) in [5.41, 5.74) is 3.38. The van der Waals surface area contributed by atoms with Crippen molar-refractivity contribution in [1.82, 2.24) is 10.2 Å². The number of carboxylic acid groups (broad SMARTS) is 1. The van der Waals surface area contributed by atoms with Gasteiger partial charge in [0.2, 0.25) is 5.91 Å². The van der Waals surface area contributed by atoms with Gasteiger partial charge in [-0.05, 0) is 54.9 Å². The minimum absolute atomic E-state index is 0.0104. The Morgan fingerprint density at radius 3 is 2.17 bits per heavy atom. The van der Waals surface area contributed by atoms with Gasteiger partial charge in [-0.2, -0.15) is 0 Å². The van der Waals surface area contributed by atoms with Crippen molar-refractivity contribution >= 4 is 18.0 Å². The number of carbonyl (C=O) groups is 3. The third-order valence-electron chi connectivity index (χ3n) is 7.73. The Hall–Kier alpha value is -3.35. The summed E-state index contributed by atoms with van der Waals surface area (Å²) >= 11 is 0. The summed E-state index contributed by atoms with van der Waals surface area (Å²) in [6, 6.07) is 16.2. The van der Waals surface area contributed by atoms with Gasteiger partial charge in [-0.25, -0.2) is 9.59 Å². The number of carboxylic acids is 1. The lowest BCUT2D eigenvalue weighted by Crippen LogP contribution is -2.52. The smallest absolute Gasteiger partial charge is 0.407 e. The molecule has 0 aromatic heterocycles. The molecule has 1 fully saturated rings. The summed E-state index contributed by atoms with van der Waals surface area (Å²) in [4.78, 5) is 38.5. The van der Waals surface area contributed by atoms with Gasteiger partial charge in [-0.1, -0.05) is 61.4 Å². The van der Waals surface area contributed by atoms with Crippen molar-refractivity contribution < 1.29 is 24.2 Å². The lowest BCUT2D eigenvalue weighted by molar-refractivity contribution is -0.155. The standard InChI is InChI=1S/C28H34N2O5/c1-28(2,26(32)33)30(3)25(31)16-18-10-4-9-15-24(18)29-27(34)35-17-23-21-13-7-5-11-19(21)20-12-6-8-14-22(20)23/h5-8,11-14,18,23-24H,4,9-10,15-17H2,1-3H3,(H,29,34)(H,32,33)/t18-,24-/m0/s1. The average molecular weight is 479 g/mol. The molecule has 0 bridgehead atoms. The number of nitrogens with one attached hydrogen (secondary N) is 1. The van der Waals surface area contributed by atoms with E-state index in [0.717, 1.165) is 36.8 Å². The molecule has 1 saturated carbocycles. The van der Waals surface area contributed by atoms with Gasteiger partial charge in [0.25, 0.3) is 0 Å². The highest BCUT2D eigenvalue weighted by Crippen LogP contribution is 2.44. The molecule has 2 aliphatic rings. The van der Waals surface area contributed by atoms with Crippen LogP contribution < -0.4 is 5.32 Å². The highest BCUT2D eigenvalue weighted by atomic mass is 16.5. The van der Waals surface area contributed by atoms with Gasteiger partial charge in [0.1, 0.15) is 12.1 Å². The van der Waals surface area contributed by atoms with Crippen LogP contribution in [0.2, 0.25) is 0 Å². The Morgan fingerprint density at radius 1 is 1.00 bits per heavy atom. The first-order valence-corrected chi connectivity index (χ1v) is 12.3. The van der Waals surface area contributed by atoms with Crippen molar-refractivity contribution in [3.63, 3.8) is 0 Å². The molecule has 7 heteroatoms. The molecule has 35 heavy (non-hydrogen) atoms. The Labute approximate surface area is 206 Å². The molecule has 7 nitrogen and oxygen atoms in total. The number of rotatable bonds is 7. The number of hydrogen-bond donors (Lipinski definition) is 2. The van der Waals surface area contributed by atoms with Crippen molar-refractivity contribution in [2.24, 2.45) is 5.92 Å². The van der Waals surface area contributed by atoms with Crippen molar-refractivity contribution in [2.75, 3.05) is 13.7 Å². The van der Waals surface area contributed by atoms with Crippen LogP contribution in [-0.2, 0) is 14.3 Å². The van der Waals surface area contributed by atoms with Gasteiger partial charge < -0.3 is 20.1 Å². The van der Waals surface area contributed by atoms with Crippen LogP contribution in [-0.4, -0.2) is 53.2 Å². The summed E-state index contributed by atoms with van der Waals surface area (Å²) in [5.74, 6) is -1.35. The minimum Gasteiger partial charge on any atom is -0.480 e. The number of alkyl carbamates (subject to hydrolysis) is 1. The van der Waals surface area contributed by atoms with Crippen LogP contribution in [0.15, 0.2) is 48.5 Å². The number of nitrogens with zero attached hydrogens (tertiary/aromatic N) is 1. The zero-order valence-corrected chi connectivity index (χ0v) is 20.6. The van der Waals surface area contributed by atoms with Crippen LogP contribution in [0.3, 0.4) is 0 Å². The van der Waals surface area contributed by atoms with E-state index in [1.165, 1.54) is 36.9 Å². The van der Waals surface area contributed by atoms with E-state index in [1.54, 1.807) is 0 Å². The average Bonchev–Trinajstić information content (AvgIpc) is 3.17. The van der Waals surface area contributed by atoms with Gasteiger partial charge in [0.15, 0.2) is 0 Å². The van der Waals surface area contributed by atoms with E-state index in [9.17, 15) is 19.5 Å². The first-order chi connectivity index (χ1) is 16.7. The molecule has 186 valence electrons. The molecular formula is C28H34N2O5. The summed E-state index contributed by atoms with van der Waals surface area (Å²) in [6.07, 6.45) is 3.25. The number of hydrogen-bond acceptors (Lipinski definition) is 4. The lowest BCUT2D eigenvalue weighted by atomic mass is 9.82. The van der Waals surface area contributed by atoms with E-state index < -0.39 is 17.6 Å². The molecule has 0 unspecified atom stereocenters. The Morgan fingerprint density at radius 2 is 1.57 bits per heavy atom. The van der Waals surface area contributed by atoms with Gasteiger partial charge in [-0.15, -0.1) is 0 Å². The number of fused-ring (bicyclic) bond motifs is 3. The number of benzene rings is 2.